The van der Waals surface area contributed by atoms with E-state index in [1.807, 2.05) is 0 Å². The second-order valence-electron chi connectivity index (χ2n) is 7.21. The molecule has 1 unspecified atom stereocenters. The summed E-state index contributed by atoms with van der Waals surface area (Å²) in [6, 6.07) is 9.56. The van der Waals surface area contributed by atoms with Gasteiger partial charge in [-0.3, -0.25) is 19.5 Å². The Morgan fingerprint density at radius 1 is 1.10 bits per heavy atom. The highest BCUT2D eigenvalue weighted by molar-refractivity contribution is 6.46. The van der Waals surface area contributed by atoms with E-state index in [0.29, 0.717) is 32.0 Å². The lowest BCUT2D eigenvalue weighted by molar-refractivity contribution is -0.140. The summed E-state index contributed by atoms with van der Waals surface area (Å²) in [5.41, 5.74) is 0.720. The monoisotopic (exact) mass is 411 g/mol. The quantitative estimate of drug-likeness (QED) is 0.460. The number of pyridine rings is 1. The van der Waals surface area contributed by atoms with Crippen molar-refractivity contribution in [2.45, 2.75) is 6.04 Å². The van der Waals surface area contributed by atoms with Crippen molar-refractivity contribution < 1.29 is 23.8 Å². The average Bonchev–Trinajstić information content (AvgIpc) is 3.04. The van der Waals surface area contributed by atoms with Crippen LogP contribution in [0.3, 0.4) is 0 Å². The van der Waals surface area contributed by atoms with Crippen LogP contribution < -0.4 is 0 Å². The lowest BCUT2D eigenvalue weighted by Gasteiger charge is -2.30. The van der Waals surface area contributed by atoms with E-state index in [0.717, 1.165) is 13.1 Å². The number of aromatic nitrogens is 1. The fourth-order valence-electron chi connectivity index (χ4n) is 3.79. The van der Waals surface area contributed by atoms with Crippen LogP contribution in [0.2, 0.25) is 0 Å². The topological polar surface area (TPSA) is 83.0 Å². The maximum Gasteiger partial charge on any atom is 0.295 e. The molecule has 0 spiro atoms. The number of hydrogen-bond donors (Lipinski definition) is 1. The van der Waals surface area contributed by atoms with Crippen LogP contribution >= 0.6 is 0 Å². The van der Waals surface area contributed by atoms with Gasteiger partial charge in [0.15, 0.2) is 0 Å². The molecule has 7 nitrogen and oxygen atoms in total. The zero-order valence-electron chi connectivity index (χ0n) is 16.3. The molecule has 0 radical (unpaired) electrons. The molecule has 2 fully saturated rings. The second-order valence-corrected chi connectivity index (χ2v) is 7.21. The lowest BCUT2D eigenvalue weighted by Crippen LogP contribution is -2.42. The number of hydrogen-bond acceptors (Lipinski definition) is 6. The van der Waals surface area contributed by atoms with Crippen molar-refractivity contribution in [3.8, 4) is 0 Å². The summed E-state index contributed by atoms with van der Waals surface area (Å²) in [4.78, 5) is 33.7. The summed E-state index contributed by atoms with van der Waals surface area (Å²) in [7, 11) is 0. The molecular formula is C22H22FN3O4. The smallest absolute Gasteiger partial charge is 0.295 e. The minimum Gasteiger partial charge on any atom is -0.507 e. The summed E-state index contributed by atoms with van der Waals surface area (Å²) in [6.45, 7) is 3.67. The number of rotatable bonds is 5. The molecule has 1 amide bonds. The van der Waals surface area contributed by atoms with Gasteiger partial charge in [0.05, 0.1) is 24.5 Å². The van der Waals surface area contributed by atoms with Crippen LogP contribution in [0, 0.1) is 5.82 Å². The first-order valence-electron chi connectivity index (χ1n) is 9.81. The van der Waals surface area contributed by atoms with Gasteiger partial charge in [-0.2, -0.15) is 0 Å². The largest absolute Gasteiger partial charge is 0.507 e. The summed E-state index contributed by atoms with van der Waals surface area (Å²) >= 11 is 0. The van der Waals surface area contributed by atoms with Crippen molar-refractivity contribution in [2.75, 3.05) is 39.4 Å². The van der Waals surface area contributed by atoms with Crippen molar-refractivity contribution in [1.29, 1.82) is 0 Å². The lowest BCUT2D eigenvalue weighted by atomic mass is 9.98. The van der Waals surface area contributed by atoms with E-state index in [1.54, 1.807) is 24.4 Å². The van der Waals surface area contributed by atoms with Gasteiger partial charge < -0.3 is 14.7 Å². The Morgan fingerprint density at radius 3 is 2.50 bits per heavy atom. The highest BCUT2D eigenvalue weighted by Crippen LogP contribution is 2.38. The van der Waals surface area contributed by atoms with E-state index in [1.165, 1.54) is 29.2 Å². The summed E-state index contributed by atoms with van der Waals surface area (Å²) < 4.78 is 18.6. The summed E-state index contributed by atoms with van der Waals surface area (Å²) in [5.74, 6) is -2.24. The molecule has 0 bridgehead atoms. The number of ketones is 1. The molecule has 2 aromatic rings. The molecular weight excluding hydrogens is 389 g/mol. The number of carbonyl (C=O) groups is 2. The SMILES string of the molecule is O=C1C(=O)N(CCN2CCOCC2)C(c2ccccn2)C1=C(O)c1ccc(F)cc1. The van der Waals surface area contributed by atoms with Gasteiger partial charge in [0.2, 0.25) is 0 Å². The molecule has 0 saturated carbocycles. The van der Waals surface area contributed by atoms with Gasteiger partial charge in [0.25, 0.3) is 11.7 Å². The van der Waals surface area contributed by atoms with E-state index < -0.39 is 23.5 Å². The first-order chi connectivity index (χ1) is 14.6. The number of ether oxygens (including phenoxy) is 1. The fraction of sp³-hybridized carbons (Fsp3) is 0.318. The Labute approximate surface area is 173 Å². The predicted molar refractivity (Wildman–Crippen MR) is 107 cm³/mol. The van der Waals surface area contributed by atoms with Crippen LogP contribution in [0.4, 0.5) is 4.39 Å². The predicted octanol–water partition coefficient (Wildman–Crippen LogP) is 1.97. The van der Waals surface area contributed by atoms with E-state index >= 15 is 0 Å². The summed E-state index contributed by atoms with van der Waals surface area (Å²) in [5, 5.41) is 10.9. The number of likely N-dealkylation sites (tertiary alicyclic amines) is 1. The molecule has 4 rings (SSSR count). The van der Waals surface area contributed by atoms with Gasteiger partial charge in [0.1, 0.15) is 17.6 Å². The number of morpholine rings is 1. The molecule has 30 heavy (non-hydrogen) atoms. The van der Waals surface area contributed by atoms with Crippen molar-refractivity contribution in [3.63, 3.8) is 0 Å². The summed E-state index contributed by atoms with van der Waals surface area (Å²) in [6.07, 6.45) is 1.58. The van der Waals surface area contributed by atoms with E-state index in [2.05, 4.69) is 9.88 Å². The van der Waals surface area contributed by atoms with Crippen LogP contribution in [-0.4, -0.2) is 71.0 Å². The molecule has 2 saturated heterocycles. The van der Waals surface area contributed by atoms with Crippen LogP contribution in [-0.2, 0) is 14.3 Å². The molecule has 1 aromatic heterocycles. The first kappa shape index (κ1) is 20.2. The number of carbonyl (C=O) groups excluding carboxylic acids is 2. The molecule has 1 aromatic carbocycles. The molecule has 2 aliphatic heterocycles. The van der Waals surface area contributed by atoms with Crippen LogP contribution in [0.15, 0.2) is 54.2 Å². The highest BCUT2D eigenvalue weighted by Gasteiger charge is 2.46. The van der Waals surface area contributed by atoms with E-state index in [4.69, 9.17) is 4.74 Å². The maximum atomic E-state index is 13.3. The number of Topliss-reactive ketones (excluding diaryl/α,β-unsaturated/α-hetero) is 1. The Bertz CT molecular complexity index is 956. The highest BCUT2D eigenvalue weighted by atomic mass is 19.1. The molecule has 1 N–H and O–H groups in total. The van der Waals surface area contributed by atoms with E-state index in [9.17, 15) is 19.1 Å². The number of amides is 1. The number of aliphatic hydroxyl groups excluding tert-OH is 1. The average molecular weight is 411 g/mol. The normalized spacial score (nSPS) is 21.9. The van der Waals surface area contributed by atoms with Crippen LogP contribution in [0.1, 0.15) is 17.3 Å². The Kier molecular flexibility index (Phi) is 5.87. The maximum absolute atomic E-state index is 13.3. The van der Waals surface area contributed by atoms with Gasteiger partial charge in [-0.1, -0.05) is 6.07 Å². The molecule has 156 valence electrons. The molecule has 3 heterocycles. The van der Waals surface area contributed by atoms with Crippen molar-refractivity contribution >= 4 is 17.4 Å². The third-order valence-corrected chi connectivity index (χ3v) is 5.39. The zero-order chi connectivity index (χ0) is 21.1. The third-order valence-electron chi connectivity index (χ3n) is 5.39. The third kappa shape index (κ3) is 3.96. The minimum atomic E-state index is -0.808. The molecule has 0 aliphatic carbocycles. The number of aliphatic hydroxyl groups is 1. The number of halogens is 1. The fourth-order valence-corrected chi connectivity index (χ4v) is 3.79. The Hall–Kier alpha value is -3.10. The molecule has 2 aliphatic rings. The van der Waals surface area contributed by atoms with Gasteiger partial charge in [0, 0.05) is 37.9 Å². The zero-order valence-corrected chi connectivity index (χ0v) is 16.3. The van der Waals surface area contributed by atoms with Crippen LogP contribution in [0.25, 0.3) is 5.76 Å². The van der Waals surface area contributed by atoms with Crippen LogP contribution in [0.5, 0.6) is 0 Å². The van der Waals surface area contributed by atoms with Gasteiger partial charge in [-0.15, -0.1) is 0 Å². The Morgan fingerprint density at radius 2 is 1.83 bits per heavy atom. The van der Waals surface area contributed by atoms with Gasteiger partial charge >= 0.3 is 0 Å². The van der Waals surface area contributed by atoms with E-state index in [-0.39, 0.29) is 16.9 Å². The molecule has 8 heteroatoms. The second kappa shape index (κ2) is 8.73. The number of benzene rings is 1. The van der Waals surface area contributed by atoms with Gasteiger partial charge in [-0.05, 0) is 36.4 Å². The first-order valence-corrected chi connectivity index (χ1v) is 9.81. The van der Waals surface area contributed by atoms with Crippen molar-refractivity contribution in [3.05, 3.63) is 71.3 Å². The standard InChI is InChI=1S/C22H22FN3O4/c23-16-6-4-15(5-7-16)20(27)18-19(17-3-1-2-8-24-17)26(22(29)21(18)28)10-9-25-11-13-30-14-12-25/h1-8,19,27H,9-14H2. The molecule has 1 atom stereocenters. The number of nitrogens with zero attached hydrogens (tertiary/aromatic N) is 3. The van der Waals surface area contributed by atoms with Gasteiger partial charge in [-0.25, -0.2) is 4.39 Å². The Balaban J connectivity index is 1.71. The minimum absolute atomic E-state index is 0.0349. The van der Waals surface area contributed by atoms with Crippen molar-refractivity contribution in [1.82, 2.24) is 14.8 Å². The van der Waals surface area contributed by atoms with Crippen molar-refractivity contribution in [2.24, 2.45) is 0 Å².